The fourth-order valence-electron chi connectivity index (χ4n) is 4.20. The smallest absolute Gasteiger partial charge is 0.222 e. The van der Waals surface area contributed by atoms with Crippen LogP contribution >= 0.6 is 0 Å². The Hall–Kier alpha value is -2.69. The van der Waals surface area contributed by atoms with Crippen molar-refractivity contribution in [1.29, 1.82) is 0 Å². The third kappa shape index (κ3) is 3.93. The molecule has 0 radical (unpaired) electrons. The van der Waals surface area contributed by atoms with Gasteiger partial charge in [-0.2, -0.15) is 0 Å². The molecule has 1 fully saturated rings. The first-order valence-electron chi connectivity index (χ1n) is 10.3. The van der Waals surface area contributed by atoms with E-state index in [4.69, 9.17) is 4.98 Å². The lowest BCUT2D eigenvalue weighted by Crippen LogP contribution is -2.29. The van der Waals surface area contributed by atoms with Crippen molar-refractivity contribution in [1.82, 2.24) is 19.4 Å². The second-order valence-electron chi connectivity index (χ2n) is 8.02. The van der Waals surface area contributed by atoms with Gasteiger partial charge in [0, 0.05) is 38.2 Å². The average Bonchev–Trinajstić information content (AvgIpc) is 3.31. The maximum absolute atomic E-state index is 12.6. The second-order valence-corrected chi connectivity index (χ2v) is 8.02. The van der Waals surface area contributed by atoms with Gasteiger partial charge in [0.25, 0.3) is 0 Å². The van der Waals surface area contributed by atoms with E-state index in [1.807, 2.05) is 41.4 Å². The van der Waals surface area contributed by atoms with Gasteiger partial charge >= 0.3 is 0 Å². The fraction of sp³-hybridized carbons (Fsp3) is 0.435. The monoisotopic (exact) mass is 376 g/mol. The molecule has 1 aromatic carbocycles. The molecule has 0 N–H and O–H groups in total. The van der Waals surface area contributed by atoms with Gasteiger partial charge in [0.05, 0.1) is 0 Å². The number of hydrogen-bond donors (Lipinski definition) is 0. The number of carbonyl (C=O) groups is 1. The summed E-state index contributed by atoms with van der Waals surface area (Å²) in [5.74, 6) is 1.83. The first kappa shape index (κ1) is 18.7. The molecule has 3 heterocycles. The van der Waals surface area contributed by atoms with Crippen LogP contribution in [0.5, 0.6) is 0 Å². The van der Waals surface area contributed by atoms with E-state index in [0.29, 0.717) is 18.4 Å². The van der Waals surface area contributed by atoms with Gasteiger partial charge in [-0.1, -0.05) is 30.3 Å². The van der Waals surface area contributed by atoms with Gasteiger partial charge in [0.1, 0.15) is 11.3 Å². The number of aromatic nitrogens is 3. The van der Waals surface area contributed by atoms with Crippen LogP contribution in [0.2, 0.25) is 0 Å². The molecule has 0 unspecified atom stereocenters. The number of amides is 1. The zero-order chi connectivity index (χ0) is 19.5. The third-order valence-electron chi connectivity index (χ3n) is 5.62. The summed E-state index contributed by atoms with van der Waals surface area (Å²) >= 11 is 0. The number of carbonyl (C=O) groups excluding carboxylic acids is 1. The number of nitrogens with zero attached hydrogens (tertiary/aromatic N) is 4. The largest absolute Gasteiger partial charge is 0.342 e. The number of benzene rings is 1. The maximum atomic E-state index is 12.6. The van der Waals surface area contributed by atoms with Crippen molar-refractivity contribution in [2.45, 2.75) is 45.6 Å². The molecule has 4 rings (SSSR count). The molecule has 0 bridgehead atoms. The number of aryl methyl sites for hydroxylation is 1. The molecule has 0 saturated carbocycles. The summed E-state index contributed by atoms with van der Waals surface area (Å²) in [5.41, 5.74) is 3.14. The quantitative estimate of drug-likeness (QED) is 0.652. The highest BCUT2D eigenvalue weighted by atomic mass is 16.2. The zero-order valence-electron chi connectivity index (χ0n) is 16.7. The summed E-state index contributed by atoms with van der Waals surface area (Å²) in [6.45, 7) is 6.04. The van der Waals surface area contributed by atoms with Gasteiger partial charge in [0.2, 0.25) is 5.91 Å². The normalized spacial score (nSPS) is 17.0. The van der Waals surface area contributed by atoms with Crippen LogP contribution in [0.15, 0.2) is 48.7 Å². The van der Waals surface area contributed by atoms with Gasteiger partial charge in [-0.15, -0.1) is 0 Å². The van der Waals surface area contributed by atoms with E-state index >= 15 is 0 Å². The Balaban J connectivity index is 1.39. The van der Waals surface area contributed by atoms with E-state index in [0.717, 1.165) is 49.3 Å². The number of likely N-dealkylation sites (tertiary alicyclic amines) is 1. The molecule has 28 heavy (non-hydrogen) atoms. The van der Waals surface area contributed by atoms with Crippen molar-refractivity contribution >= 4 is 17.1 Å². The van der Waals surface area contributed by atoms with Gasteiger partial charge in [0.15, 0.2) is 5.65 Å². The summed E-state index contributed by atoms with van der Waals surface area (Å²) in [6, 6.07) is 14.5. The first-order valence-corrected chi connectivity index (χ1v) is 10.3. The topological polar surface area (TPSA) is 51.0 Å². The van der Waals surface area contributed by atoms with Crippen LogP contribution in [0.4, 0.5) is 0 Å². The Morgan fingerprint density at radius 3 is 2.79 bits per heavy atom. The Morgan fingerprint density at radius 2 is 2.00 bits per heavy atom. The zero-order valence-corrected chi connectivity index (χ0v) is 16.7. The van der Waals surface area contributed by atoms with Crippen LogP contribution < -0.4 is 0 Å². The highest BCUT2D eigenvalue weighted by molar-refractivity contribution is 5.76. The maximum Gasteiger partial charge on any atom is 0.222 e. The molecule has 5 heteroatoms. The lowest BCUT2D eigenvalue weighted by molar-refractivity contribution is -0.130. The van der Waals surface area contributed by atoms with E-state index in [-0.39, 0.29) is 5.91 Å². The van der Waals surface area contributed by atoms with E-state index in [1.54, 1.807) is 0 Å². The molecule has 3 aromatic rings. The van der Waals surface area contributed by atoms with Gasteiger partial charge in [-0.05, 0) is 50.3 Å². The van der Waals surface area contributed by atoms with Crippen LogP contribution in [0.3, 0.4) is 0 Å². The summed E-state index contributed by atoms with van der Waals surface area (Å²) in [5, 5.41) is 0. The number of fused-ring (bicyclic) bond motifs is 1. The van der Waals surface area contributed by atoms with Crippen LogP contribution in [0.25, 0.3) is 11.2 Å². The lowest BCUT2D eigenvalue weighted by Gasteiger charge is -2.17. The minimum absolute atomic E-state index is 0.269. The number of hydrogen-bond acceptors (Lipinski definition) is 3. The predicted molar refractivity (Wildman–Crippen MR) is 111 cm³/mol. The molecule has 1 aliphatic heterocycles. The molecule has 2 aromatic heterocycles. The van der Waals surface area contributed by atoms with Crippen molar-refractivity contribution in [3.8, 4) is 0 Å². The van der Waals surface area contributed by atoms with Crippen molar-refractivity contribution < 1.29 is 4.79 Å². The van der Waals surface area contributed by atoms with Crippen LogP contribution in [-0.2, 0) is 17.6 Å². The predicted octanol–water partition coefficient (Wildman–Crippen LogP) is 4.04. The average molecular weight is 377 g/mol. The molecule has 0 aliphatic carbocycles. The molecule has 1 atom stereocenters. The summed E-state index contributed by atoms with van der Waals surface area (Å²) < 4.78 is 2.25. The molecular weight excluding hydrogens is 348 g/mol. The fourth-order valence-corrected chi connectivity index (χ4v) is 4.20. The number of rotatable bonds is 6. The minimum atomic E-state index is 0.269. The van der Waals surface area contributed by atoms with Gasteiger partial charge < -0.3 is 9.47 Å². The van der Waals surface area contributed by atoms with Crippen molar-refractivity contribution in [3.05, 3.63) is 60.0 Å². The van der Waals surface area contributed by atoms with Crippen molar-refractivity contribution in [2.24, 2.45) is 5.92 Å². The van der Waals surface area contributed by atoms with Crippen molar-refractivity contribution in [2.75, 3.05) is 13.1 Å². The van der Waals surface area contributed by atoms with Crippen molar-refractivity contribution in [3.63, 3.8) is 0 Å². The third-order valence-corrected chi connectivity index (χ3v) is 5.62. The van der Waals surface area contributed by atoms with E-state index in [1.165, 1.54) is 5.56 Å². The standard InChI is InChI=1S/C23H28N4O/c1-17(2)27-21(25-20-9-6-13-24-23(20)27)15-19-12-14-26(16-19)22(28)11-10-18-7-4-3-5-8-18/h3-9,13,17,19H,10-12,14-16H2,1-2H3/t19-/m0/s1. The summed E-state index contributed by atoms with van der Waals surface area (Å²) in [7, 11) is 0. The number of pyridine rings is 1. The first-order chi connectivity index (χ1) is 13.6. The molecule has 0 spiro atoms. The number of imidazole rings is 1. The summed E-state index contributed by atoms with van der Waals surface area (Å²) in [4.78, 5) is 24.0. The molecule has 146 valence electrons. The Kier molecular flexibility index (Phi) is 5.42. The molecule has 5 nitrogen and oxygen atoms in total. The minimum Gasteiger partial charge on any atom is -0.342 e. The Bertz CT molecular complexity index is 948. The molecule has 1 saturated heterocycles. The van der Waals surface area contributed by atoms with E-state index in [9.17, 15) is 4.79 Å². The van der Waals surface area contributed by atoms with E-state index < -0.39 is 0 Å². The highest BCUT2D eigenvalue weighted by Gasteiger charge is 2.28. The van der Waals surface area contributed by atoms with Gasteiger partial charge in [-0.3, -0.25) is 4.79 Å². The van der Waals surface area contributed by atoms with Crippen LogP contribution in [0, 0.1) is 5.92 Å². The second kappa shape index (κ2) is 8.13. The molecule has 1 amide bonds. The Morgan fingerprint density at radius 1 is 1.18 bits per heavy atom. The SMILES string of the molecule is CC(C)n1c(C[C@@H]2CCN(C(=O)CCc3ccccc3)C2)nc2cccnc21. The lowest BCUT2D eigenvalue weighted by atomic mass is 10.0. The molecular formula is C23H28N4O. The molecule has 1 aliphatic rings. The van der Waals surface area contributed by atoms with Crippen LogP contribution in [0.1, 0.15) is 44.1 Å². The highest BCUT2D eigenvalue weighted by Crippen LogP contribution is 2.25. The Labute approximate surface area is 166 Å². The summed E-state index contributed by atoms with van der Waals surface area (Å²) in [6.07, 6.45) is 5.18. The van der Waals surface area contributed by atoms with Gasteiger partial charge in [-0.25, -0.2) is 9.97 Å². The van der Waals surface area contributed by atoms with E-state index in [2.05, 4.69) is 35.5 Å². The van der Waals surface area contributed by atoms with Crippen LogP contribution in [-0.4, -0.2) is 38.4 Å².